The number of esters is 1. The van der Waals surface area contributed by atoms with Gasteiger partial charge in [0.25, 0.3) is 5.91 Å². The molecule has 2 aliphatic heterocycles. The molecule has 0 radical (unpaired) electrons. The Balaban J connectivity index is 1.48. The van der Waals surface area contributed by atoms with E-state index in [-0.39, 0.29) is 12.8 Å². The van der Waals surface area contributed by atoms with E-state index in [1.54, 1.807) is 18.2 Å². The lowest BCUT2D eigenvalue weighted by Crippen LogP contribution is -2.41. The number of amides is 1. The van der Waals surface area contributed by atoms with Gasteiger partial charge in [-0.25, -0.2) is 9.40 Å². The van der Waals surface area contributed by atoms with E-state index in [4.69, 9.17) is 9.47 Å². The number of fused-ring (bicyclic) bond motifs is 1. The van der Waals surface area contributed by atoms with Crippen molar-refractivity contribution < 1.29 is 36.6 Å². The highest BCUT2D eigenvalue weighted by molar-refractivity contribution is 6.05. The summed E-state index contributed by atoms with van der Waals surface area (Å²) in [4.78, 5) is 26.5. The van der Waals surface area contributed by atoms with Gasteiger partial charge in [-0.05, 0) is 53.4 Å². The molecule has 2 unspecified atom stereocenters. The molecular formula is C27H20F4N2O4. The second-order valence-electron chi connectivity index (χ2n) is 8.73. The third kappa shape index (κ3) is 4.78. The highest BCUT2D eigenvalue weighted by atomic mass is 19.4. The van der Waals surface area contributed by atoms with Crippen LogP contribution in [0, 0.1) is 11.7 Å². The van der Waals surface area contributed by atoms with Crippen LogP contribution in [0.25, 0.3) is 0 Å². The van der Waals surface area contributed by atoms with Crippen LogP contribution in [0.1, 0.15) is 34.7 Å². The minimum absolute atomic E-state index is 0.0641. The first kappa shape index (κ1) is 24.5. The van der Waals surface area contributed by atoms with E-state index in [0.29, 0.717) is 33.9 Å². The average Bonchev–Trinajstić information content (AvgIpc) is 3.33. The lowest BCUT2D eigenvalue weighted by atomic mass is 9.93. The first-order chi connectivity index (χ1) is 17.6. The van der Waals surface area contributed by atoms with E-state index < -0.39 is 41.4 Å². The molecule has 2 heterocycles. The Morgan fingerprint density at radius 2 is 1.73 bits per heavy atom. The van der Waals surface area contributed by atoms with Gasteiger partial charge in [0.05, 0.1) is 24.4 Å². The quantitative estimate of drug-likeness (QED) is 0.206. The Labute approximate surface area is 209 Å². The van der Waals surface area contributed by atoms with Crippen molar-refractivity contribution in [1.82, 2.24) is 5.01 Å². The fraction of sp³-hybridized carbons (Fsp3) is 0.222. The van der Waals surface area contributed by atoms with E-state index in [1.165, 1.54) is 43.5 Å². The van der Waals surface area contributed by atoms with E-state index in [0.717, 1.165) is 17.1 Å². The van der Waals surface area contributed by atoms with Crippen molar-refractivity contribution >= 4 is 17.6 Å². The predicted octanol–water partition coefficient (Wildman–Crippen LogP) is 5.31. The summed E-state index contributed by atoms with van der Waals surface area (Å²) in [6.45, 7) is 0. The summed E-state index contributed by atoms with van der Waals surface area (Å²) >= 11 is 0. The van der Waals surface area contributed by atoms with Gasteiger partial charge >= 0.3 is 12.1 Å². The second kappa shape index (κ2) is 9.34. The summed E-state index contributed by atoms with van der Waals surface area (Å²) in [5, 5.41) is 5.56. The molecular weight excluding hydrogens is 492 g/mol. The van der Waals surface area contributed by atoms with E-state index >= 15 is 0 Å². The largest absolute Gasteiger partial charge is 0.497 e. The number of benzene rings is 3. The third-order valence-corrected chi connectivity index (χ3v) is 6.43. The monoisotopic (exact) mass is 512 g/mol. The molecule has 3 aromatic carbocycles. The number of nitrogens with zero attached hydrogens (tertiary/aromatic N) is 2. The number of methoxy groups -OCH3 is 1. The Kier molecular flexibility index (Phi) is 6.18. The van der Waals surface area contributed by atoms with Gasteiger partial charge in [-0.1, -0.05) is 30.3 Å². The standard InChI is InChI=1S/C27H20F4N2O4/c1-36-20-11-6-17-12-21(26(35)37-24(17)13-20)25(34)33-23(16-2-7-18(8-3-16)27(29,30)31)14-22(32-33)15-4-9-19(28)10-5-15/h2-11,13,21,23H,12,14H2,1H3. The SMILES string of the molecule is COc1ccc2c(c1)OC(=O)C(C(=O)N1N=C(c3ccc(F)cc3)CC1c1ccc(C(F)(F)F)cc1)C2. The van der Waals surface area contributed by atoms with Crippen LogP contribution in [-0.4, -0.2) is 29.7 Å². The number of hydrogen-bond donors (Lipinski definition) is 0. The van der Waals surface area contributed by atoms with Crippen LogP contribution in [0.3, 0.4) is 0 Å². The molecule has 3 aromatic rings. The molecule has 0 aromatic heterocycles. The Morgan fingerprint density at radius 3 is 2.38 bits per heavy atom. The molecule has 0 saturated heterocycles. The predicted molar refractivity (Wildman–Crippen MR) is 124 cm³/mol. The van der Waals surface area contributed by atoms with Crippen molar-refractivity contribution in [2.75, 3.05) is 7.11 Å². The van der Waals surface area contributed by atoms with Crippen molar-refractivity contribution in [2.45, 2.75) is 25.1 Å². The third-order valence-electron chi connectivity index (χ3n) is 6.43. The zero-order chi connectivity index (χ0) is 26.3. The van der Waals surface area contributed by atoms with Gasteiger partial charge in [0.1, 0.15) is 23.2 Å². The number of carbonyl (C=O) groups excluding carboxylic acids is 2. The highest BCUT2D eigenvalue weighted by Crippen LogP contribution is 2.38. The van der Waals surface area contributed by atoms with Crippen molar-refractivity contribution in [2.24, 2.45) is 11.0 Å². The molecule has 190 valence electrons. The topological polar surface area (TPSA) is 68.2 Å². The summed E-state index contributed by atoms with van der Waals surface area (Å²) in [6, 6.07) is 14.1. The molecule has 37 heavy (non-hydrogen) atoms. The number of halogens is 4. The normalized spacial score (nSPS) is 19.2. The molecule has 0 aliphatic carbocycles. The summed E-state index contributed by atoms with van der Waals surface area (Å²) in [6.07, 6.45) is -4.28. The van der Waals surface area contributed by atoms with Gasteiger partial charge in [-0.15, -0.1) is 0 Å². The van der Waals surface area contributed by atoms with Crippen LogP contribution in [-0.2, 0) is 22.2 Å². The Hall–Kier alpha value is -4.21. The fourth-order valence-electron chi connectivity index (χ4n) is 4.44. The van der Waals surface area contributed by atoms with Crippen LogP contribution in [0.5, 0.6) is 11.5 Å². The molecule has 2 aliphatic rings. The number of carbonyl (C=O) groups is 2. The van der Waals surface area contributed by atoms with Gasteiger partial charge in [0.15, 0.2) is 0 Å². The van der Waals surface area contributed by atoms with Crippen molar-refractivity contribution in [3.8, 4) is 11.5 Å². The molecule has 10 heteroatoms. The van der Waals surface area contributed by atoms with Crippen molar-refractivity contribution in [3.63, 3.8) is 0 Å². The van der Waals surface area contributed by atoms with E-state index in [9.17, 15) is 27.2 Å². The minimum atomic E-state index is -4.51. The lowest BCUT2D eigenvalue weighted by Gasteiger charge is -2.28. The molecule has 0 bridgehead atoms. The first-order valence-electron chi connectivity index (χ1n) is 11.4. The van der Waals surface area contributed by atoms with Gasteiger partial charge < -0.3 is 9.47 Å². The van der Waals surface area contributed by atoms with Crippen LogP contribution in [0.15, 0.2) is 71.8 Å². The minimum Gasteiger partial charge on any atom is -0.497 e. The first-order valence-corrected chi connectivity index (χ1v) is 11.4. The van der Waals surface area contributed by atoms with Crippen molar-refractivity contribution in [3.05, 3.63) is 94.8 Å². The van der Waals surface area contributed by atoms with Gasteiger partial charge in [-0.3, -0.25) is 9.59 Å². The molecule has 5 rings (SSSR count). The molecule has 6 nitrogen and oxygen atoms in total. The smallest absolute Gasteiger partial charge is 0.416 e. The number of ether oxygens (including phenoxy) is 2. The number of alkyl halides is 3. The maximum Gasteiger partial charge on any atom is 0.416 e. The molecule has 2 atom stereocenters. The van der Waals surface area contributed by atoms with Gasteiger partial charge in [-0.2, -0.15) is 18.3 Å². The highest BCUT2D eigenvalue weighted by Gasteiger charge is 2.42. The summed E-state index contributed by atoms with van der Waals surface area (Å²) in [7, 11) is 1.48. The summed E-state index contributed by atoms with van der Waals surface area (Å²) < 4.78 is 63.3. The summed E-state index contributed by atoms with van der Waals surface area (Å²) in [5.41, 5.74) is 1.21. The molecule has 0 saturated carbocycles. The fourth-order valence-corrected chi connectivity index (χ4v) is 4.44. The maximum atomic E-state index is 13.6. The van der Waals surface area contributed by atoms with Crippen LogP contribution >= 0.6 is 0 Å². The van der Waals surface area contributed by atoms with Gasteiger partial charge in [0.2, 0.25) is 0 Å². The van der Waals surface area contributed by atoms with Crippen LogP contribution in [0.2, 0.25) is 0 Å². The van der Waals surface area contributed by atoms with E-state index in [1.807, 2.05) is 0 Å². The Bertz CT molecular complexity index is 1390. The van der Waals surface area contributed by atoms with Crippen LogP contribution < -0.4 is 9.47 Å². The summed E-state index contributed by atoms with van der Waals surface area (Å²) in [5.74, 6) is -2.27. The molecule has 0 spiro atoms. The zero-order valence-electron chi connectivity index (χ0n) is 19.5. The van der Waals surface area contributed by atoms with E-state index in [2.05, 4.69) is 5.10 Å². The molecule has 0 N–H and O–H groups in total. The Morgan fingerprint density at radius 1 is 1.03 bits per heavy atom. The van der Waals surface area contributed by atoms with Crippen molar-refractivity contribution in [1.29, 1.82) is 0 Å². The second-order valence-corrected chi connectivity index (χ2v) is 8.73. The molecule has 1 amide bonds. The number of hydrazone groups is 1. The average molecular weight is 512 g/mol. The maximum absolute atomic E-state index is 13.6. The number of rotatable bonds is 4. The number of hydrogen-bond acceptors (Lipinski definition) is 5. The zero-order valence-corrected chi connectivity index (χ0v) is 19.5. The van der Waals surface area contributed by atoms with Crippen LogP contribution in [0.4, 0.5) is 17.6 Å². The molecule has 0 fully saturated rings. The lowest BCUT2D eigenvalue weighted by molar-refractivity contribution is -0.151. The van der Waals surface area contributed by atoms with Gasteiger partial charge in [0, 0.05) is 12.5 Å².